The Morgan fingerprint density at radius 2 is 1.96 bits per heavy atom. The number of methoxy groups -OCH3 is 1. The van der Waals surface area contributed by atoms with Gasteiger partial charge in [0.1, 0.15) is 5.75 Å². The molecular weight excluding hydrogens is 373 g/mol. The maximum atomic E-state index is 13.3. The highest BCUT2D eigenvalue weighted by Crippen LogP contribution is 2.46. The Morgan fingerprint density at radius 1 is 1.21 bits per heavy atom. The number of benzene rings is 2. The summed E-state index contributed by atoms with van der Waals surface area (Å²) in [5.74, 6) is -0.411. The van der Waals surface area contributed by atoms with E-state index in [9.17, 15) is 22.8 Å². The van der Waals surface area contributed by atoms with Gasteiger partial charge in [0.05, 0.1) is 23.7 Å². The molecule has 2 aliphatic heterocycles. The summed E-state index contributed by atoms with van der Waals surface area (Å²) < 4.78 is 45.1. The van der Waals surface area contributed by atoms with E-state index < -0.39 is 28.6 Å². The largest absolute Gasteiger partial charge is 0.497 e. The second kappa shape index (κ2) is 6.25. The molecule has 1 fully saturated rings. The Kier molecular flexibility index (Phi) is 4.10. The van der Waals surface area contributed by atoms with Crippen LogP contribution in [0.5, 0.6) is 5.75 Å². The van der Waals surface area contributed by atoms with Gasteiger partial charge in [0.2, 0.25) is 5.91 Å². The van der Waals surface area contributed by atoms with Gasteiger partial charge in [-0.05, 0) is 42.3 Å². The maximum Gasteiger partial charge on any atom is 0.417 e. The van der Waals surface area contributed by atoms with Crippen molar-refractivity contribution in [2.24, 2.45) is 0 Å². The molecule has 1 saturated heterocycles. The van der Waals surface area contributed by atoms with E-state index in [0.29, 0.717) is 23.4 Å². The number of hydrogen-bond acceptors (Lipinski definition) is 3. The smallest absolute Gasteiger partial charge is 0.417 e. The Bertz CT molecular complexity index is 973. The Labute approximate surface area is 159 Å². The molecule has 0 unspecified atom stereocenters. The number of likely N-dealkylation sites (tertiary alicyclic amines) is 1. The van der Waals surface area contributed by atoms with Crippen LogP contribution >= 0.6 is 0 Å². The molecule has 1 atom stereocenters. The third-order valence-electron chi connectivity index (χ3n) is 5.44. The molecule has 5 nitrogen and oxygen atoms in total. The maximum absolute atomic E-state index is 13.3. The van der Waals surface area contributed by atoms with Crippen molar-refractivity contribution in [1.82, 2.24) is 4.90 Å². The molecule has 1 spiro atoms. The van der Waals surface area contributed by atoms with E-state index in [2.05, 4.69) is 5.32 Å². The predicted octanol–water partition coefficient (Wildman–Crippen LogP) is 3.45. The van der Waals surface area contributed by atoms with Gasteiger partial charge in [-0.1, -0.05) is 12.1 Å². The molecule has 0 saturated carbocycles. The second-order valence-corrected chi connectivity index (χ2v) is 6.97. The average molecular weight is 390 g/mol. The van der Waals surface area contributed by atoms with E-state index in [-0.39, 0.29) is 19.0 Å². The first kappa shape index (κ1) is 18.3. The highest BCUT2D eigenvalue weighted by atomic mass is 19.4. The van der Waals surface area contributed by atoms with Crippen LogP contribution in [0, 0.1) is 0 Å². The summed E-state index contributed by atoms with van der Waals surface area (Å²) in [7, 11) is 1.51. The molecule has 0 aliphatic carbocycles. The Balaban J connectivity index is 1.68. The summed E-state index contributed by atoms with van der Waals surface area (Å²) in [5.41, 5.74) is -1.02. The van der Waals surface area contributed by atoms with Crippen LogP contribution in [-0.2, 0) is 16.4 Å². The van der Waals surface area contributed by atoms with Gasteiger partial charge in [-0.15, -0.1) is 0 Å². The van der Waals surface area contributed by atoms with Gasteiger partial charge in [0.25, 0.3) is 5.91 Å². The number of halogens is 3. The molecular formula is C20H17F3N2O3. The SMILES string of the molecule is COc1ccc2c(c1)[C@@]1(CCN(C(=O)c3ccccc3C(F)(F)F)C1)C(=O)N2. The van der Waals surface area contributed by atoms with Gasteiger partial charge >= 0.3 is 6.18 Å². The third kappa shape index (κ3) is 2.71. The van der Waals surface area contributed by atoms with E-state index in [1.807, 2.05) is 0 Å². The number of anilines is 1. The highest BCUT2D eigenvalue weighted by Gasteiger charge is 2.52. The summed E-state index contributed by atoms with van der Waals surface area (Å²) >= 11 is 0. The van der Waals surface area contributed by atoms with Crippen molar-refractivity contribution in [3.05, 3.63) is 59.2 Å². The monoisotopic (exact) mass is 390 g/mol. The van der Waals surface area contributed by atoms with Gasteiger partial charge in [-0.2, -0.15) is 13.2 Å². The minimum Gasteiger partial charge on any atom is -0.497 e. The molecule has 0 aromatic heterocycles. The summed E-state index contributed by atoms with van der Waals surface area (Å²) in [6.45, 7) is 0.207. The minimum absolute atomic E-state index is 0.0179. The number of carbonyl (C=O) groups is 2. The number of nitrogens with one attached hydrogen (secondary N) is 1. The van der Waals surface area contributed by atoms with Crippen molar-refractivity contribution in [1.29, 1.82) is 0 Å². The van der Waals surface area contributed by atoms with Gasteiger partial charge in [0.15, 0.2) is 0 Å². The lowest BCUT2D eigenvalue weighted by Gasteiger charge is -2.23. The first-order valence-corrected chi connectivity index (χ1v) is 8.72. The second-order valence-electron chi connectivity index (χ2n) is 6.97. The molecule has 2 aromatic carbocycles. The molecule has 0 radical (unpaired) electrons. The first-order valence-electron chi connectivity index (χ1n) is 8.72. The van der Waals surface area contributed by atoms with Crippen molar-refractivity contribution < 1.29 is 27.5 Å². The number of rotatable bonds is 2. The van der Waals surface area contributed by atoms with E-state index in [1.54, 1.807) is 18.2 Å². The van der Waals surface area contributed by atoms with Crippen LogP contribution in [0.2, 0.25) is 0 Å². The molecule has 28 heavy (non-hydrogen) atoms. The lowest BCUT2D eigenvalue weighted by Crippen LogP contribution is -2.39. The summed E-state index contributed by atoms with van der Waals surface area (Å²) in [6, 6.07) is 9.89. The molecule has 146 valence electrons. The minimum atomic E-state index is -4.63. The van der Waals surface area contributed by atoms with Crippen LogP contribution in [0.1, 0.15) is 27.9 Å². The fourth-order valence-corrected chi connectivity index (χ4v) is 3.99. The predicted molar refractivity (Wildman–Crippen MR) is 95.3 cm³/mol. The molecule has 4 rings (SSSR count). The number of amides is 2. The van der Waals surface area contributed by atoms with Crippen LogP contribution in [0.15, 0.2) is 42.5 Å². The molecule has 2 heterocycles. The number of ether oxygens (including phenoxy) is 1. The lowest BCUT2D eigenvalue weighted by molar-refractivity contribution is -0.138. The third-order valence-corrected chi connectivity index (χ3v) is 5.44. The van der Waals surface area contributed by atoms with Crippen molar-refractivity contribution in [3.8, 4) is 5.75 Å². The van der Waals surface area contributed by atoms with Crippen molar-refractivity contribution in [2.75, 3.05) is 25.5 Å². The number of fused-ring (bicyclic) bond motifs is 2. The topological polar surface area (TPSA) is 58.6 Å². The van der Waals surface area contributed by atoms with Crippen LogP contribution in [0.3, 0.4) is 0 Å². The fraction of sp³-hybridized carbons (Fsp3) is 0.300. The number of nitrogens with zero attached hydrogens (tertiary/aromatic N) is 1. The zero-order valence-corrected chi connectivity index (χ0v) is 15.0. The fourth-order valence-electron chi connectivity index (χ4n) is 3.99. The molecule has 0 bridgehead atoms. The van der Waals surface area contributed by atoms with Crippen molar-refractivity contribution in [3.63, 3.8) is 0 Å². The number of hydrogen-bond donors (Lipinski definition) is 1. The summed E-state index contributed by atoms with van der Waals surface area (Å²) in [4.78, 5) is 26.9. The summed E-state index contributed by atoms with van der Waals surface area (Å²) in [5, 5.41) is 2.80. The van der Waals surface area contributed by atoms with Crippen molar-refractivity contribution in [2.45, 2.75) is 18.0 Å². The Morgan fingerprint density at radius 3 is 2.68 bits per heavy atom. The quantitative estimate of drug-likeness (QED) is 0.855. The van der Waals surface area contributed by atoms with E-state index in [4.69, 9.17) is 4.74 Å². The molecule has 2 aromatic rings. The van der Waals surface area contributed by atoms with E-state index in [1.165, 1.54) is 30.2 Å². The number of carbonyl (C=O) groups excluding carboxylic acids is 2. The zero-order valence-electron chi connectivity index (χ0n) is 15.0. The van der Waals surface area contributed by atoms with Crippen LogP contribution in [-0.4, -0.2) is 36.9 Å². The van der Waals surface area contributed by atoms with Gasteiger partial charge in [-0.25, -0.2) is 0 Å². The average Bonchev–Trinajstić information content (AvgIpc) is 3.23. The first-order chi connectivity index (χ1) is 13.3. The van der Waals surface area contributed by atoms with Gasteiger partial charge in [-0.3, -0.25) is 9.59 Å². The summed E-state index contributed by atoms with van der Waals surface area (Å²) in [6.07, 6.45) is -4.30. The molecule has 1 N–H and O–H groups in total. The Hall–Kier alpha value is -3.03. The van der Waals surface area contributed by atoms with Crippen LogP contribution in [0.25, 0.3) is 0 Å². The highest BCUT2D eigenvalue weighted by molar-refractivity contribution is 6.08. The van der Waals surface area contributed by atoms with Crippen LogP contribution < -0.4 is 10.1 Å². The lowest BCUT2D eigenvalue weighted by atomic mass is 9.81. The van der Waals surface area contributed by atoms with Crippen LogP contribution in [0.4, 0.5) is 18.9 Å². The zero-order chi connectivity index (χ0) is 20.1. The normalized spacial score (nSPS) is 21.0. The van der Waals surface area contributed by atoms with E-state index in [0.717, 1.165) is 6.07 Å². The van der Waals surface area contributed by atoms with Gasteiger partial charge in [0, 0.05) is 18.8 Å². The standard InChI is InChI=1S/C20H17F3N2O3/c1-28-12-6-7-16-15(10-12)19(18(27)24-16)8-9-25(11-19)17(26)13-4-2-3-5-14(13)20(21,22)23/h2-7,10H,8-9,11H2,1H3,(H,24,27)/t19-/m0/s1. The van der Waals surface area contributed by atoms with Crippen molar-refractivity contribution >= 4 is 17.5 Å². The van der Waals surface area contributed by atoms with E-state index >= 15 is 0 Å². The molecule has 2 aliphatic rings. The number of alkyl halides is 3. The van der Waals surface area contributed by atoms with Gasteiger partial charge < -0.3 is 15.0 Å². The molecule has 8 heteroatoms. The molecule has 2 amide bonds.